The van der Waals surface area contributed by atoms with E-state index in [2.05, 4.69) is 21.3 Å². The molecule has 4 nitrogen and oxygen atoms in total. The molecule has 0 saturated heterocycles. The molecule has 0 aliphatic carbocycles. The van der Waals surface area contributed by atoms with Crippen LogP contribution >= 0.6 is 11.6 Å². The van der Waals surface area contributed by atoms with Gasteiger partial charge in [0.15, 0.2) is 5.69 Å². The third-order valence-electron chi connectivity index (χ3n) is 1.34. The van der Waals surface area contributed by atoms with E-state index in [-0.39, 0.29) is 10.8 Å². The van der Waals surface area contributed by atoms with Crippen LogP contribution < -0.4 is 0 Å². The van der Waals surface area contributed by atoms with Gasteiger partial charge in [-0.05, 0) is 6.08 Å². The SMILES string of the molecule is C=Cc1ncc(Cl)nc1C(=O)OC. The molecule has 0 radical (unpaired) electrons. The standard InChI is InChI=1S/C8H7ClN2O2/c1-3-5-7(8(12)13-2)11-6(9)4-10-5/h3-4H,1H2,2H3. The molecule has 0 aromatic carbocycles. The molecule has 0 amide bonds. The highest BCUT2D eigenvalue weighted by Gasteiger charge is 2.13. The molecule has 5 heteroatoms. The zero-order valence-corrected chi connectivity index (χ0v) is 7.71. The fourth-order valence-corrected chi connectivity index (χ4v) is 0.906. The van der Waals surface area contributed by atoms with Crippen LogP contribution in [-0.4, -0.2) is 23.0 Å². The summed E-state index contributed by atoms with van der Waals surface area (Å²) < 4.78 is 4.49. The van der Waals surface area contributed by atoms with Gasteiger partial charge in [-0.2, -0.15) is 0 Å². The molecule has 0 N–H and O–H groups in total. The van der Waals surface area contributed by atoms with Crippen molar-refractivity contribution in [3.05, 3.63) is 29.3 Å². The Balaban J connectivity index is 3.23. The maximum absolute atomic E-state index is 11.1. The second kappa shape index (κ2) is 4.00. The number of rotatable bonds is 2. The van der Waals surface area contributed by atoms with E-state index < -0.39 is 5.97 Å². The molecule has 1 aromatic heterocycles. The topological polar surface area (TPSA) is 52.1 Å². The highest BCUT2D eigenvalue weighted by molar-refractivity contribution is 6.29. The third-order valence-corrected chi connectivity index (χ3v) is 1.53. The predicted octanol–water partition coefficient (Wildman–Crippen LogP) is 1.56. The lowest BCUT2D eigenvalue weighted by Gasteiger charge is -2.01. The van der Waals surface area contributed by atoms with Crippen LogP contribution in [0.3, 0.4) is 0 Å². The number of hydrogen-bond donors (Lipinski definition) is 0. The number of hydrogen-bond acceptors (Lipinski definition) is 4. The lowest BCUT2D eigenvalue weighted by atomic mass is 10.3. The minimum atomic E-state index is -0.579. The summed E-state index contributed by atoms with van der Waals surface area (Å²) in [6.07, 6.45) is 2.75. The van der Waals surface area contributed by atoms with Crippen LogP contribution in [0.15, 0.2) is 12.8 Å². The summed E-state index contributed by atoms with van der Waals surface area (Å²) in [5.41, 5.74) is 0.432. The number of esters is 1. The number of aromatic nitrogens is 2. The Morgan fingerprint density at radius 3 is 3.00 bits per heavy atom. The molecule has 0 fully saturated rings. The quantitative estimate of drug-likeness (QED) is 0.677. The largest absolute Gasteiger partial charge is 0.464 e. The Bertz CT molecular complexity index is 352. The van der Waals surface area contributed by atoms with Crippen LogP contribution in [0.5, 0.6) is 0 Å². The summed E-state index contributed by atoms with van der Waals surface area (Å²) in [5, 5.41) is 0.144. The van der Waals surface area contributed by atoms with Crippen LogP contribution in [0.4, 0.5) is 0 Å². The minimum absolute atomic E-state index is 0.0741. The van der Waals surface area contributed by atoms with Crippen molar-refractivity contribution in [1.82, 2.24) is 9.97 Å². The molecule has 1 heterocycles. The first-order valence-corrected chi connectivity index (χ1v) is 3.80. The van der Waals surface area contributed by atoms with Crippen molar-refractivity contribution in [2.45, 2.75) is 0 Å². The molecular formula is C8H7ClN2O2. The number of methoxy groups -OCH3 is 1. The first-order chi connectivity index (χ1) is 6.19. The molecule has 0 atom stereocenters. The van der Waals surface area contributed by atoms with Crippen LogP contribution in [-0.2, 0) is 4.74 Å². The van der Waals surface area contributed by atoms with Gasteiger partial charge in [-0.3, -0.25) is 4.98 Å². The van der Waals surface area contributed by atoms with E-state index >= 15 is 0 Å². The second-order valence-corrected chi connectivity index (χ2v) is 2.51. The minimum Gasteiger partial charge on any atom is -0.464 e. The smallest absolute Gasteiger partial charge is 0.358 e. The van der Waals surface area contributed by atoms with Crippen molar-refractivity contribution in [1.29, 1.82) is 0 Å². The molecule has 0 unspecified atom stereocenters. The van der Waals surface area contributed by atoms with Crippen molar-refractivity contribution in [2.24, 2.45) is 0 Å². The normalized spacial score (nSPS) is 9.38. The van der Waals surface area contributed by atoms with E-state index in [1.807, 2.05) is 0 Å². The van der Waals surface area contributed by atoms with Gasteiger partial charge in [0.25, 0.3) is 0 Å². The third kappa shape index (κ3) is 2.03. The van der Waals surface area contributed by atoms with Crippen molar-refractivity contribution in [2.75, 3.05) is 7.11 Å². The predicted molar refractivity (Wildman–Crippen MR) is 48.5 cm³/mol. The van der Waals surface area contributed by atoms with Gasteiger partial charge < -0.3 is 4.74 Å². The van der Waals surface area contributed by atoms with Crippen molar-refractivity contribution < 1.29 is 9.53 Å². The summed E-state index contributed by atoms with van der Waals surface area (Å²) in [6, 6.07) is 0. The zero-order valence-electron chi connectivity index (χ0n) is 6.95. The molecule has 0 spiro atoms. The highest BCUT2D eigenvalue weighted by atomic mass is 35.5. The summed E-state index contributed by atoms with van der Waals surface area (Å²) in [6.45, 7) is 3.48. The first-order valence-electron chi connectivity index (χ1n) is 3.42. The Morgan fingerprint density at radius 1 is 1.77 bits per heavy atom. The second-order valence-electron chi connectivity index (χ2n) is 2.12. The van der Waals surface area contributed by atoms with Crippen molar-refractivity contribution >= 4 is 23.6 Å². The van der Waals surface area contributed by atoms with Crippen LogP contribution in [0.25, 0.3) is 6.08 Å². The monoisotopic (exact) mass is 198 g/mol. The zero-order chi connectivity index (χ0) is 9.84. The average Bonchev–Trinajstić information content (AvgIpc) is 2.16. The summed E-state index contributed by atoms with van der Waals surface area (Å²) >= 11 is 5.56. The Hall–Kier alpha value is -1.42. The van der Waals surface area contributed by atoms with Crippen LogP contribution in [0, 0.1) is 0 Å². The van der Waals surface area contributed by atoms with E-state index in [1.165, 1.54) is 19.4 Å². The number of nitrogens with zero attached hydrogens (tertiary/aromatic N) is 2. The fourth-order valence-electron chi connectivity index (χ4n) is 0.773. The Morgan fingerprint density at radius 2 is 2.46 bits per heavy atom. The highest BCUT2D eigenvalue weighted by Crippen LogP contribution is 2.10. The number of carbonyl (C=O) groups is 1. The molecule has 0 aliphatic heterocycles. The van der Waals surface area contributed by atoms with Gasteiger partial charge in [0.1, 0.15) is 5.15 Å². The number of carbonyl (C=O) groups excluding carboxylic acids is 1. The summed E-state index contributed by atoms with van der Waals surface area (Å²) in [4.78, 5) is 18.7. The van der Waals surface area contributed by atoms with Crippen LogP contribution in [0.1, 0.15) is 16.2 Å². The Labute approximate surface area is 80.2 Å². The number of ether oxygens (including phenoxy) is 1. The van der Waals surface area contributed by atoms with Gasteiger partial charge in [0.05, 0.1) is 19.0 Å². The summed E-state index contributed by atoms with van der Waals surface area (Å²) in [7, 11) is 1.26. The molecule has 0 saturated carbocycles. The average molecular weight is 199 g/mol. The lowest BCUT2D eigenvalue weighted by molar-refractivity contribution is 0.0593. The molecule has 0 aliphatic rings. The number of halogens is 1. The van der Waals surface area contributed by atoms with Gasteiger partial charge in [-0.15, -0.1) is 0 Å². The fraction of sp³-hybridized carbons (Fsp3) is 0.125. The van der Waals surface area contributed by atoms with E-state index in [1.54, 1.807) is 0 Å². The lowest BCUT2D eigenvalue weighted by Crippen LogP contribution is -2.08. The Kier molecular flexibility index (Phi) is 2.97. The maximum Gasteiger partial charge on any atom is 0.358 e. The van der Waals surface area contributed by atoms with Crippen molar-refractivity contribution in [3.63, 3.8) is 0 Å². The maximum atomic E-state index is 11.1. The van der Waals surface area contributed by atoms with Crippen molar-refractivity contribution in [3.8, 4) is 0 Å². The van der Waals surface area contributed by atoms with Crippen LogP contribution in [0.2, 0.25) is 5.15 Å². The van der Waals surface area contributed by atoms with E-state index in [9.17, 15) is 4.79 Å². The van der Waals surface area contributed by atoms with E-state index in [0.29, 0.717) is 5.69 Å². The van der Waals surface area contributed by atoms with Gasteiger partial charge in [0, 0.05) is 0 Å². The molecule has 0 bridgehead atoms. The molecular weight excluding hydrogens is 192 g/mol. The molecule has 13 heavy (non-hydrogen) atoms. The van der Waals surface area contributed by atoms with E-state index in [0.717, 1.165) is 0 Å². The van der Waals surface area contributed by atoms with E-state index in [4.69, 9.17) is 11.6 Å². The van der Waals surface area contributed by atoms with Gasteiger partial charge in [-0.25, -0.2) is 9.78 Å². The molecule has 1 rings (SSSR count). The summed E-state index contributed by atoms with van der Waals surface area (Å²) in [5.74, 6) is -0.579. The van der Waals surface area contributed by atoms with Gasteiger partial charge in [0.2, 0.25) is 0 Å². The van der Waals surface area contributed by atoms with Gasteiger partial charge in [-0.1, -0.05) is 18.2 Å². The molecule has 1 aromatic rings. The first kappa shape index (κ1) is 9.67. The van der Waals surface area contributed by atoms with Gasteiger partial charge >= 0.3 is 5.97 Å². The molecule has 68 valence electrons.